The highest BCUT2D eigenvalue weighted by Gasteiger charge is 2.75. The van der Waals surface area contributed by atoms with E-state index in [1.54, 1.807) is 0 Å². The molecule has 0 unspecified atom stereocenters. The molecule has 2 rings (SSSR count). The van der Waals surface area contributed by atoms with Crippen molar-refractivity contribution in [2.75, 3.05) is 6.61 Å². The summed E-state index contributed by atoms with van der Waals surface area (Å²) < 4.78 is 16.5. The third kappa shape index (κ3) is 2.43. The second-order valence-electron chi connectivity index (χ2n) is 6.77. The third-order valence-corrected chi connectivity index (χ3v) is 4.75. The highest BCUT2D eigenvalue weighted by molar-refractivity contribution is 5.66. The number of carbonyl (C=O) groups is 2. The van der Waals surface area contributed by atoms with E-state index >= 15 is 0 Å². The van der Waals surface area contributed by atoms with E-state index in [2.05, 4.69) is 20.8 Å². The van der Waals surface area contributed by atoms with Crippen LogP contribution >= 0.6 is 0 Å². The fourth-order valence-electron chi connectivity index (χ4n) is 3.97. The van der Waals surface area contributed by atoms with Crippen molar-refractivity contribution in [1.82, 2.24) is 0 Å². The van der Waals surface area contributed by atoms with Crippen LogP contribution in [0.1, 0.15) is 53.9 Å². The first-order valence-electron chi connectivity index (χ1n) is 7.13. The first-order valence-corrected chi connectivity index (χ1v) is 7.13. The van der Waals surface area contributed by atoms with Crippen LogP contribution < -0.4 is 0 Å². The first-order chi connectivity index (χ1) is 9.12. The SMILES string of the molecule is CC(=O)OCC[C@]12O[C@@]1(C)C[C@@H](OC(C)=O)CC2(C)C. The predicted molar refractivity (Wildman–Crippen MR) is 72.0 cm³/mol. The van der Waals surface area contributed by atoms with Crippen LogP contribution in [0.25, 0.3) is 0 Å². The van der Waals surface area contributed by atoms with Crippen molar-refractivity contribution < 1.29 is 23.8 Å². The van der Waals surface area contributed by atoms with Gasteiger partial charge in [-0.2, -0.15) is 0 Å². The largest absolute Gasteiger partial charge is 0.466 e. The lowest BCUT2D eigenvalue weighted by Gasteiger charge is -2.41. The average Bonchev–Trinajstić information content (AvgIpc) is 2.82. The zero-order valence-corrected chi connectivity index (χ0v) is 12.9. The molecule has 5 nitrogen and oxygen atoms in total. The van der Waals surface area contributed by atoms with Gasteiger partial charge in [0.15, 0.2) is 0 Å². The number of ether oxygens (including phenoxy) is 3. The van der Waals surface area contributed by atoms with Gasteiger partial charge in [-0.1, -0.05) is 13.8 Å². The van der Waals surface area contributed by atoms with Gasteiger partial charge in [-0.25, -0.2) is 0 Å². The monoisotopic (exact) mass is 284 g/mol. The quantitative estimate of drug-likeness (QED) is 0.585. The number of fused-ring (bicyclic) bond motifs is 1. The Kier molecular flexibility index (Phi) is 3.61. The third-order valence-electron chi connectivity index (χ3n) is 4.75. The zero-order chi connectivity index (χ0) is 15.2. The molecule has 0 spiro atoms. The molecule has 0 bridgehead atoms. The van der Waals surface area contributed by atoms with E-state index in [-0.39, 0.29) is 34.7 Å². The molecule has 0 N–H and O–H groups in total. The zero-order valence-electron chi connectivity index (χ0n) is 12.9. The highest BCUT2D eigenvalue weighted by atomic mass is 16.6. The van der Waals surface area contributed by atoms with Crippen molar-refractivity contribution in [3.63, 3.8) is 0 Å². The van der Waals surface area contributed by atoms with Gasteiger partial charge in [0.25, 0.3) is 0 Å². The van der Waals surface area contributed by atoms with Crippen molar-refractivity contribution in [2.45, 2.75) is 71.2 Å². The van der Waals surface area contributed by atoms with Crippen LogP contribution in [-0.2, 0) is 23.8 Å². The smallest absolute Gasteiger partial charge is 0.302 e. The minimum Gasteiger partial charge on any atom is -0.466 e. The van der Waals surface area contributed by atoms with Crippen molar-refractivity contribution in [3.05, 3.63) is 0 Å². The number of carbonyl (C=O) groups excluding carboxylic acids is 2. The number of epoxide rings is 1. The molecule has 5 heteroatoms. The van der Waals surface area contributed by atoms with E-state index in [1.165, 1.54) is 13.8 Å². The lowest BCUT2D eigenvalue weighted by molar-refractivity contribution is -0.151. The molecule has 1 aliphatic heterocycles. The maximum atomic E-state index is 11.2. The van der Waals surface area contributed by atoms with E-state index in [0.29, 0.717) is 19.4 Å². The van der Waals surface area contributed by atoms with Gasteiger partial charge in [-0.05, 0) is 13.3 Å². The van der Waals surface area contributed by atoms with Crippen molar-refractivity contribution >= 4 is 11.9 Å². The molecular formula is C15H24O5. The molecule has 3 atom stereocenters. The Morgan fingerprint density at radius 3 is 2.30 bits per heavy atom. The molecule has 1 heterocycles. The predicted octanol–water partition coefficient (Wildman–Crippen LogP) is 2.22. The lowest BCUT2D eigenvalue weighted by Crippen LogP contribution is -2.48. The van der Waals surface area contributed by atoms with Crippen LogP contribution in [0.3, 0.4) is 0 Å². The van der Waals surface area contributed by atoms with Gasteiger partial charge in [0.2, 0.25) is 0 Å². The first kappa shape index (κ1) is 15.3. The summed E-state index contributed by atoms with van der Waals surface area (Å²) in [6.45, 7) is 9.52. The molecule has 1 saturated carbocycles. The lowest BCUT2D eigenvalue weighted by atomic mass is 9.62. The summed E-state index contributed by atoms with van der Waals surface area (Å²) in [5.74, 6) is -0.516. The van der Waals surface area contributed by atoms with Gasteiger partial charge in [-0.15, -0.1) is 0 Å². The topological polar surface area (TPSA) is 65.1 Å². The Balaban J connectivity index is 2.06. The van der Waals surface area contributed by atoms with Crippen molar-refractivity contribution in [2.24, 2.45) is 5.41 Å². The molecule has 114 valence electrons. The molecule has 0 amide bonds. The molecule has 1 saturated heterocycles. The number of esters is 2. The van der Waals surface area contributed by atoms with E-state index < -0.39 is 0 Å². The Morgan fingerprint density at radius 1 is 1.15 bits per heavy atom. The molecule has 0 radical (unpaired) electrons. The summed E-state index contributed by atoms with van der Waals surface area (Å²) in [6.07, 6.45) is 2.05. The normalized spacial score (nSPS) is 37.8. The Labute approximate surface area is 120 Å². The maximum absolute atomic E-state index is 11.2. The Morgan fingerprint density at radius 2 is 1.80 bits per heavy atom. The van der Waals surface area contributed by atoms with Gasteiger partial charge in [0.1, 0.15) is 11.7 Å². The van der Waals surface area contributed by atoms with Crippen LogP contribution in [0.4, 0.5) is 0 Å². The second kappa shape index (κ2) is 4.72. The summed E-state index contributed by atoms with van der Waals surface area (Å²) in [5, 5.41) is 0. The standard InChI is InChI=1S/C15H24O5/c1-10(16)18-7-6-15-13(3,4)8-12(19-11(2)17)9-14(15,5)20-15/h12H,6-9H2,1-5H3/t12-,14-,15+/m0/s1. The van der Waals surface area contributed by atoms with Gasteiger partial charge >= 0.3 is 11.9 Å². The molecule has 20 heavy (non-hydrogen) atoms. The molecule has 1 aliphatic carbocycles. The van der Waals surface area contributed by atoms with Gasteiger partial charge in [0, 0.05) is 32.1 Å². The summed E-state index contributed by atoms with van der Waals surface area (Å²) in [4.78, 5) is 22.1. The molecule has 0 aromatic heterocycles. The fraction of sp³-hybridized carbons (Fsp3) is 0.867. The second-order valence-corrected chi connectivity index (χ2v) is 6.77. The molecule has 2 aliphatic rings. The van der Waals surface area contributed by atoms with Crippen LogP contribution in [0.2, 0.25) is 0 Å². The number of hydrogen-bond donors (Lipinski definition) is 0. The van der Waals surface area contributed by atoms with E-state index in [1.807, 2.05) is 0 Å². The summed E-state index contributed by atoms with van der Waals surface area (Å²) in [6, 6.07) is 0. The van der Waals surface area contributed by atoms with Gasteiger partial charge < -0.3 is 14.2 Å². The van der Waals surface area contributed by atoms with Crippen LogP contribution in [0.5, 0.6) is 0 Å². The van der Waals surface area contributed by atoms with Gasteiger partial charge in [-0.3, -0.25) is 9.59 Å². The Hall–Kier alpha value is -1.10. The summed E-state index contributed by atoms with van der Waals surface area (Å²) in [5.41, 5.74) is -0.707. The van der Waals surface area contributed by atoms with Crippen LogP contribution in [-0.4, -0.2) is 35.9 Å². The van der Waals surface area contributed by atoms with E-state index in [4.69, 9.17) is 14.2 Å². The molecule has 0 aromatic rings. The van der Waals surface area contributed by atoms with Crippen molar-refractivity contribution in [3.8, 4) is 0 Å². The number of rotatable bonds is 4. The summed E-state index contributed by atoms with van der Waals surface area (Å²) >= 11 is 0. The molecule has 0 aromatic carbocycles. The van der Waals surface area contributed by atoms with Crippen LogP contribution in [0.15, 0.2) is 0 Å². The maximum Gasteiger partial charge on any atom is 0.302 e. The minimum absolute atomic E-state index is 0.100. The average molecular weight is 284 g/mol. The summed E-state index contributed by atoms with van der Waals surface area (Å²) in [7, 11) is 0. The van der Waals surface area contributed by atoms with Crippen LogP contribution in [0, 0.1) is 5.41 Å². The molecule has 2 fully saturated rings. The minimum atomic E-state index is -0.297. The van der Waals surface area contributed by atoms with E-state index in [9.17, 15) is 9.59 Å². The number of hydrogen-bond acceptors (Lipinski definition) is 5. The highest BCUT2D eigenvalue weighted by Crippen LogP contribution is 2.67. The molecular weight excluding hydrogens is 260 g/mol. The fourth-order valence-corrected chi connectivity index (χ4v) is 3.97. The van der Waals surface area contributed by atoms with Gasteiger partial charge in [0.05, 0.1) is 12.2 Å². The van der Waals surface area contributed by atoms with Crippen molar-refractivity contribution in [1.29, 1.82) is 0 Å². The van der Waals surface area contributed by atoms with E-state index in [0.717, 1.165) is 6.42 Å². The Bertz CT molecular complexity index is 430.